The van der Waals surface area contributed by atoms with Crippen molar-refractivity contribution < 1.29 is 0 Å². The molecule has 0 N–H and O–H groups in total. The van der Waals surface area contributed by atoms with E-state index < -0.39 is 0 Å². The van der Waals surface area contributed by atoms with Gasteiger partial charge in [-0.1, -0.05) is 61.2 Å². The summed E-state index contributed by atoms with van der Waals surface area (Å²) in [4.78, 5) is 0. The molecule has 0 aliphatic carbocycles. The average molecular weight is 180 g/mol. The third kappa shape index (κ3) is 1.74. The highest BCUT2D eigenvalue weighted by Crippen LogP contribution is 2.16. The summed E-state index contributed by atoms with van der Waals surface area (Å²) in [6.07, 6.45) is 5.79. The minimum absolute atomic E-state index is 1.21. The van der Waals surface area contributed by atoms with Crippen LogP contribution in [-0.2, 0) is 0 Å². The van der Waals surface area contributed by atoms with E-state index >= 15 is 0 Å². The third-order valence-electron chi connectivity index (χ3n) is 2.20. The molecule has 0 heteroatoms. The number of allylic oxidation sites excluding steroid dienone is 2. The Hall–Kier alpha value is -1.82. The van der Waals surface area contributed by atoms with Crippen LogP contribution in [0.1, 0.15) is 5.56 Å². The number of rotatable bonds is 2. The lowest BCUT2D eigenvalue weighted by molar-refractivity contribution is 1.71. The maximum atomic E-state index is 3.65. The molecule has 2 aromatic rings. The van der Waals surface area contributed by atoms with Crippen molar-refractivity contribution in [1.29, 1.82) is 0 Å². The van der Waals surface area contributed by atoms with Crippen LogP contribution in [-0.4, -0.2) is 0 Å². The molecular weight excluding hydrogens is 168 g/mol. The monoisotopic (exact) mass is 180 g/mol. The largest absolute Gasteiger partial charge is 0.0991 e. The van der Waals surface area contributed by atoms with Crippen LogP contribution in [0, 0.1) is 0 Å². The summed E-state index contributed by atoms with van der Waals surface area (Å²) in [5, 5.41) is 2.56. The van der Waals surface area contributed by atoms with E-state index in [-0.39, 0.29) is 0 Å². The van der Waals surface area contributed by atoms with Crippen molar-refractivity contribution in [2.75, 3.05) is 0 Å². The lowest BCUT2D eigenvalue weighted by Crippen LogP contribution is -1.74. The minimum atomic E-state index is 1.21. The molecule has 0 heterocycles. The van der Waals surface area contributed by atoms with E-state index in [2.05, 4.69) is 55.1 Å². The van der Waals surface area contributed by atoms with Gasteiger partial charge in [-0.15, -0.1) is 0 Å². The Morgan fingerprint density at radius 1 is 0.929 bits per heavy atom. The molecule has 0 atom stereocenters. The van der Waals surface area contributed by atoms with Crippen molar-refractivity contribution >= 4 is 16.8 Å². The van der Waals surface area contributed by atoms with E-state index in [9.17, 15) is 0 Å². The zero-order valence-electron chi connectivity index (χ0n) is 7.98. The summed E-state index contributed by atoms with van der Waals surface area (Å²) in [7, 11) is 0. The summed E-state index contributed by atoms with van der Waals surface area (Å²) in [5.41, 5.74) is 1.21. The fourth-order valence-corrected chi connectivity index (χ4v) is 1.49. The SMILES string of the molecule is C=C/C=C\c1ccc2ccccc2c1. The average Bonchev–Trinajstić information content (AvgIpc) is 2.26. The molecule has 0 bridgehead atoms. The molecule has 0 aromatic heterocycles. The first-order valence-corrected chi connectivity index (χ1v) is 4.68. The van der Waals surface area contributed by atoms with Crippen molar-refractivity contribution in [3.63, 3.8) is 0 Å². The standard InChI is InChI=1S/C14H12/c1-2-3-6-12-9-10-13-7-4-5-8-14(13)11-12/h2-11H,1H2/b6-3-. The molecule has 0 aliphatic heterocycles. The highest BCUT2D eigenvalue weighted by Gasteiger charge is 1.91. The molecule has 0 nitrogen and oxygen atoms in total. The molecule has 0 fully saturated rings. The zero-order valence-corrected chi connectivity index (χ0v) is 7.98. The van der Waals surface area contributed by atoms with Crippen molar-refractivity contribution in [2.45, 2.75) is 0 Å². The van der Waals surface area contributed by atoms with Gasteiger partial charge < -0.3 is 0 Å². The predicted octanol–water partition coefficient (Wildman–Crippen LogP) is 4.04. The molecule has 0 radical (unpaired) electrons. The summed E-state index contributed by atoms with van der Waals surface area (Å²) in [6, 6.07) is 14.8. The number of hydrogen-bond donors (Lipinski definition) is 0. The lowest BCUT2D eigenvalue weighted by atomic mass is 10.1. The number of benzene rings is 2. The molecule has 2 rings (SSSR count). The van der Waals surface area contributed by atoms with Crippen molar-refractivity contribution in [2.24, 2.45) is 0 Å². The summed E-state index contributed by atoms with van der Waals surface area (Å²) >= 11 is 0. The van der Waals surface area contributed by atoms with Gasteiger partial charge in [0.05, 0.1) is 0 Å². The molecule has 14 heavy (non-hydrogen) atoms. The van der Waals surface area contributed by atoms with Gasteiger partial charge in [-0.3, -0.25) is 0 Å². The van der Waals surface area contributed by atoms with E-state index in [0.29, 0.717) is 0 Å². The first kappa shape index (κ1) is 8.76. The van der Waals surface area contributed by atoms with Crippen LogP contribution in [0.15, 0.2) is 61.2 Å². The Kier molecular flexibility index (Phi) is 2.46. The molecule has 2 aromatic carbocycles. The highest BCUT2D eigenvalue weighted by atomic mass is 14.0. The Morgan fingerprint density at radius 3 is 2.50 bits per heavy atom. The highest BCUT2D eigenvalue weighted by molar-refractivity contribution is 5.84. The first-order valence-electron chi connectivity index (χ1n) is 4.68. The smallest absolute Gasteiger partial charge is 0.0178 e. The van der Waals surface area contributed by atoms with Gasteiger partial charge in [0.25, 0.3) is 0 Å². The molecular formula is C14H12. The van der Waals surface area contributed by atoms with Gasteiger partial charge in [0, 0.05) is 0 Å². The lowest BCUT2D eigenvalue weighted by Gasteiger charge is -1.98. The fraction of sp³-hybridized carbons (Fsp3) is 0. The van der Waals surface area contributed by atoms with E-state index in [4.69, 9.17) is 0 Å². The first-order chi connectivity index (χ1) is 6.90. The maximum Gasteiger partial charge on any atom is -0.0178 e. The van der Waals surface area contributed by atoms with Crippen LogP contribution in [0.2, 0.25) is 0 Å². The van der Waals surface area contributed by atoms with Crippen LogP contribution < -0.4 is 0 Å². The van der Waals surface area contributed by atoms with Gasteiger partial charge >= 0.3 is 0 Å². The fourth-order valence-electron chi connectivity index (χ4n) is 1.49. The topological polar surface area (TPSA) is 0 Å². The molecule has 68 valence electrons. The van der Waals surface area contributed by atoms with E-state index in [1.54, 1.807) is 6.08 Å². The van der Waals surface area contributed by atoms with Gasteiger partial charge in [-0.25, -0.2) is 0 Å². The second kappa shape index (κ2) is 3.93. The summed E-state index contributed by atoms with van der Waals surface area (Å²) in [5.74, 6) is 0. The van der Waals surface area contributed by atoms with Gasteiger partial charge in [-0.05, 0) is 22.4 Å². The van der Waals surface area contributed by atoms with Gasteiger partial charge in [0.2, 0.25) is 0 Å². The predicted molar refractivity (Wildman–Crippen MR) is 63.2 cm³/mol. The Bertz CT molecular complexity index is 478. The quantitative estimate of drug-likeness (QED) is 0.612. The van der Waals surface area contributed by atoms with Gasteiger partial charge in [0.1, 0.15) is 0 Å². The molecule has 0 amide bonds. The molecule has 0 aliphatic rings. The van der Waals surface area contributed by atoms with Crippen LogP contribution in [0.3, 0.4) is 0 Å². The molecule has 0 saturated heterocycles. The molecule has 0 spiro atoms. The molecule has 0 unspecified atom stereocenters. The van der Waals surface area contributed by atoms with Crippen LogP contribution in [0.5, 0.6) is 0 Å². The van der Waals surface area contributed by atoms with Gasteiger partial charge in [0.15, 0.2) is 0 Å². The molecule has 0 saturated carbocycles. The van der Waals surface area contributed by atoms with Crippen molar-refractivity contribution in [3.05, 3.63) is 66.8 Å². The number of hydrogen-bond acceptors (Lipinski definition) is 0. The zero-order chi connectivity index (χ0) is 9.80. The van der Waals surface area contributed by atoms with E-state index in [1.165, 1.54) is 16.3 Å². The van der Waals surface area contributed by atoms with Crippen molar-refractivity contribution in [1.82, 2.24) is 0 Å². The van der Waals surface area contributed by atoms with E-state index in [0.717, 1.165) is 0 Å². The minimum Gasteiger partial charge on any atom is -0.0991 e. The van der Waals surface area contributed by atoms with Gasteiger partial charge in [-0.2, -0.15) is 0 Å². The third-order valence-corrected chi connectivity index (χ3v) is 2.20. The van der Waals surface area contributed by atoms with Crippen LogP contribution >= 0.6 is 0 Å². The van der Waals surface area contributed by atoms with E-state index in [1.807, 2.05) is 6.08 Å². The second-order valence-corrected chi connectivity index (χ2v) is 3.20. The summed E-state index contributed by atoms with van der Waals surface area (Å²) in [6.45, 7) is 3.65. The maximum absolute atomic E-state index is 3.65. The Balaban J connectivity index is 2.51. The Morgan fingerprint density at radius 2 is 1.71 bits per heavy atom. The van der Waals surface area contributed by atoms with Crippen LogP contribution in [0.4, 0.5) is 0 Å². The number of fused-ring (bicyclic) bond motifs is 1. The summed E-state index contributed by atoms with van der Waals surface area (Å²) < 4.78 is 0. The second-order valence-electron chi connectivity index (χ2n) is 3.20. The Labute approximate surface area is 84.2 Å². The van der Waals surface area contributed by atoms with Crippen molar-refractivity contribution in [3.8, 4) is 0 Å². The normalized spacial score (nSPS) is 10.9. The van der Waals surface area contributed by atoms with Crippen LogP contribution in [0.25, 0.3) is 16.8 Å².